The summed E-state index contributed by atoms with van der Waals surface area (Å²) in [5.41, 5.74) is 1.37. The number of rotatable bonds is 1. The first-order valence-electron chi connectivity index (χ1n) is 6.37. The maximum absolute atomic E-state index is 6.27. The normalized spacial score (nSPS) is 42.1. The van der Waals surface area contributed by atoms with Gasteiger partial charge in [-0.25, -0.2) is 0 Å². The molecule has 16 heavy (non-hydrogen) atoms. The zero-order valence-corrected chi connectivity index (χ0v) is 11.0. The van der Waals surface area contributed by atoms with Crippen molar-refractivity contribution in [1.29, 1.82) is 0 Å². The first-order valence-corrected chi connectivity index (χ1v) is 6.37. The summed E-state index contributed by atoms with van der Waals surface area (Å²) in [6.07, 6.45) is 8.04. The van der Waals surface area contributed by atoms with Gasteiger partial charge in [0, 0.05) is 0 Å². The van der Waals surface area contributed by atoms with E-state index in [-0.39, 0.29) is 11.2 Å². The lowest BCUT2D eigenvalue weighted by molar-refractivity contribution is -0.188. The maximum Gasteiger partial charge on any atom is 0.0844 e. The van der Waals surface area contributed by atoms with Gasteiger partial charge in [0.25, 0.3) is 0 Å². The second kappa shape index (κ2) is 3.73. The predicted molar refractivity (Wildman–Crippen MR) is 68.4 cm³/mol. The SMILES string of the molecule is C=C[C@]1(C)C[C@H]2C=C(C)CC[C@@H]2C(C)(C)O1. The Morgan fingerprint density at radius 2 is 2.12 bits per heavy atom. The molecule has 0 N–H and O–H groups in total. The zero-order chi connectivity index (χ0) is 12.0. The quantitative estimate of drug-likeness (QED) is 0.604. The second-order valence-corrected chi connectivity index (χ2v) is 6.25. The molecule has 0 amide bonds. The van der Waals surface area contributed by atoms with Gasteiger partial charge in [0.15, 0.2) is 0 Å². The zero-order valence-electron chi connectivity index (χ0n) is 11.0. The average Bonchev–Trinajstić information content (AvgIpc) is 2.15. The van der Waals surface area contributed by atoms with Crippen molar-refractivity contribution < 1.29 is 4.74 Å². The standard InChI is InChI=1S/C15H24O/c1-6-15(5)10-12-9-11(2)7-8-13(12)14(3,4)16-15/h6,9,12-13H,1,7-8,10H2,2-5H3/t12-,13+,15-/m1/s1. The molecule has 1 heteroatoms. The highest BCUT2D eigenvalue weighted by Crippen LogP contribution is 2.48. The van der Waals surface area contributed by atoms with Gasteiger partial charge < -0.3 is 4.74 Å². The number of fused-ring (bicyclic) bond motifs is 1. The van der Waals surface area contributed by atoms with Gasteiger partial charge in [0.2, 0.25) is 0 Å². The Labute approximate surface area is 99.6 Å². The Bertz CT molecular complexity index is 326. The van der Waals surface area contributed by atoms with Crippen LogP contribution in [0.4, 0.5) is 0 Å². The van der Waals surface area contributed by atoms with Gasteiger partial charge in [-0.15, -0.1) is 6.58 Å². The minimum atomic E-state index is -0.154. The Kier molecular flexibility index (Phi) is 2.78. The molecule has 0 spiro atoms. The highest BCUT2D eigenvalue weighted by Gasteiger charge is 2.47. The van der Waals surface area contributed by atoms with E-state index in [4.69, 9.17) is 4.74 Å². The largest absolute Gasteiger partial charge is 0.365 e. The fraction of sp³-hybridized carbons (Fsp3) is 0.733. The Morgan fingerprint density at radius 3 is 2.75 bits per heavy atom. The summed E-state index contributed by atoms with van der Waals surface area (Å²) in [5.74, 6) is 1.34. The Hall–Kier alpha value is -0.560. The monoisotopic (exact) mass is 220 g/mol. The van der Waals surface area contributed by atoms with Crippen molar-refractivity contribution in [3.8, 4) is 0 Å². The smallest absolute Gasteiger partial charge is 0.0844 e. The van der Waals surface area contributed by atoms with Crippen LogP contribution in [0, 0.1) is 11.8 Å². The average molecular weight is 220 g/mol. The molecule has 0 aromatic rings. The minimum Gasteiger partial charge on any atom is -0.365 e. The molecular formula is C15H24O. The predicted octanol–water partition coefficient (Wildman–Crippen LogP) is 4.10. The van der Waals surface area contributed by atoms with Gasteiger partial charge in [0.1, 0.15) is 0 Å². The third kappa shape index (κ3) is 1.98. The summed E-state index contributed by atoms with van der Waals surface area (Å²) in [6, 6.07) is 0. The lowest BCUT2D eigenvalue weighted by Gasteiger charge is -2.52. The van der Waals surface area contributed by atoms with Crippen LogP contribution >= 0.6 is 0 Å². The van der Waals surface area contributed by atoms with Crippen LogP contribution in [0.2, 0.25) is 0 Å². The van der Waals surface area contributed by atoms with Gasteiger partial charge in [-0.2, -0.15) is 0 Å². The maximum atomic E-state index is 6.27. The van der Waals surface area contributed by atoms with E-state index >= 15 is 0 Å². The summed E-state index contributed by atoms with van der Waals surface area (Å²) in [5, 5.41) is 0. The highest BCUT2D eigenvalue weighted by molar-refractivity contribution is 5.15. The first-order chi connectivity index (χ1) is 7.36. The van der Waals surface area contributed by atoms with Crippen LogP contribution in [0.1, 0.15) is 47.0 Å². The van der Waals surface area contributed by atoms with E-state index in [9.17, 15) is 0 Å². The molecule has 0 aromatic carbocycles. The summed E-state index contributed by atoms with van der Waals surface area (Å²) >= 11 is 0. The van der Waals surface area contributed by atoms with Crippen molar-refractivity contribution in [2.75, 3.05) is 0 Å². The summed E-state index contributed by atoms with van der Waals surface area (Å²) in [6.45, 7) is 12.8. The van der Waals surface area contributed by atoms with Crippen molar-refractivity contribution in [2.45, 2.75) is 58.2 Å². The summed E-state index contributed by atoms with van der Waals surface area (Å²) in [7, 11) is 0. The number of ether oxygens (including phenoxy) is 1. The van der Waals surface area contributed by atoms with E-state index in [1.807, 2.05) is 6.08 Å². The van der Waals surface area contributed by atoms with Crippen molar-refractivity contribution in [2.24, 2.45) is 11.8 Å². The molecule has 0 radical (unpaired) electrons. The van der Waals surface area contributed by atoms with E-state index in [2.05, 4.69) is 40.3 Å². The van der Waals surface area contributed by atoms with E-state index in [0.717, 1.165) is 6.42 Å². The molecule has 2 rings (SSSR count). The van der Waals surface area contributed by atoms with E-state index in [0.29, 0.717) is 11.8 Å². The molecule has 0 saturated carbocycles. The second-order valence-electron chi connectivity index (χ2n) is 6.25. The van der Waals surface area contributed by atoms with Crippen molar-refractivity contribution >= 4 is 0 Å². The van der Waals surface area contributed by atoms with Gasteiger partial charge in [-0.1, -0.05) is 17.7 Å². The molecule has 90 valence electrons. The van der Waals surface area contributed by atoms with Gasteiger partial charge in [0.05, 0.1) is 11.2 Å². The van der Waals surface area contributed by atoms with Gasteiger partial charge in [-0.05, 0) is 58.8 Å². The minimum absolute atomic E-state index is 0.0247. The van der Waals surface area contributed by atoms with Crippen LogP contribution in [0.3, 0.4) is 0 Å². The topological polar surface area (TPSA) is 9.23 Å². The van der Waals surface area contributed by atoms with Crippen LogP contribution in [0.5, 0.6) is 0 Å². The van der Waals surface area contributed by atoms with E-state index in [1.165, 1.54) is 12.8 Å². The molecule has 3 atom stereocenters. The van der Waals surface area contributed by atoms with Crippen LogP contribution in [-0.2, 0) is 4.74 Å². The fourth-order valence-electron chi connectivity index (χ4n) is 3.54. The van der Waals surface area contributed by atoms with Crippen LogP contribution < -0.4 is 0 Å². The van der Waals surface area contributed by atoms with Crippen molar-refractivity contribution in [3.63, 3.8) is 0 Å². The van der Waals surface area contributed by atoms with E-state index < -0.39 is 0 Å². The van der Waals surface area contributed by atoms with Gasteiger partial charge in [-0.3, -0.25) is 0 Å². The third-order valence-electron chi connectivity index (χ3n) is 4.33. The number of allylic oxidation sites excluding steroid dienone is 2. The molecule has 2 aliphatic rings. The fourth-order valence-corrected chi connectivity index (χ4v) is 3.54. The third-order valence-corrected chi connectivity index (χ3v) is 4.33. The molecule has 1 nitrogen and oxygen atoms in total. The Morgan fingerprint density at radius 1 is 1.44 bits per heavy atom. The van der Waals surface area contributed by atoms with Crippen LogP contribution in [0.15, 0.2) is 24.3 Å². The Balaban J connectivity index is 2.31. The van der Waals surface area contributed by atoms with Crippen molar-refractivity contribution in [1.82, 2.24) is 0 Å². The van der Waals surface area contributed by atoms with Crippen LogP contribution in [0.25, 0.3) is 0 Å². The number of hydrogen-bond donors (Lipinski definition) is 0. The summed E-state index contributed by atoms with van der Waals surface area (Å²) < 4.78 is 6.27. The lowest BCUT2D eigenvalue weighted by atomic mass is 9.66. The van der Waals surface area contributed by atoms with Crippen molar-refractivity contribution in [3.05, 3.63) is 24.3 Å². The molecule has 1 aliphatic carbocycles. The highest BCUT2D eigenvalue weighted by atomic mass is 16.5. The molecular weight excluding hydrogens is 196 g/mol. The molecule has 1 saturated heterocycles. The molecule has 1 heterocycles. The van der Waals surface area contributed by atoms with E-state index in [1.54, 1.807) is 5.57 Å². The molecule has 1 aliphatic heterocycles. The molecule has 0 unspecified atom stereocenters. The number of hydrogen-bond acceptors (Lipinski definition) is 1. The lowest BCUT2D eigenvalue weighted by Crippen LogP contribution is -2.52. The molecule has 1 fully saturated rings. The molecule has 0 bridgehead atoms. The molecule has 0 aromatic heterocycles. The van der Waals surface area contributed by atoms with Gasteiger partial charge >= 0.3 is 0 Å². The van der Waals surface area contributed by atoms with Crippen LogP contribution in [-0.4, -0.2) is 11.2 Å². The first kappa shape index (κ1) is 11.9. The summed E-state index contributed by atoms with van der Waals surface area (Å²) in [4.78, 5) is 0.